The summed E-state index contributed by atoms with van der Waals surface area (Å²) in [5.74, 6) is -0.272. The number of aliphatic hydroxyl groups is 1. The fourth-order valence-corrected chi connectivity index (χ4v) is 1.25. The first-order valence-corrected chi connectivity index (χ1v) is 4.12. The van der Waals surface area contributed by atoms with Gasteiger partial charge in [-0.15, -0.1) is 0 Å². The molecule has 1 heterocycles. The van der Waals surface area contributed by atoms with Crippen LogP contribution in [0.4, 0.5) is 0 Å². The summed E-state index contributed by atoms with van der Waals surface area (Å²) in [5.41, 5.74) is 0. The van der Waals surface area contributed by atoms with Crippen LogP contribution in [0.1, 0.15) is 19.8 Å². The highest BCUT2D eigenvalue weighted by molar-refractivity contribution is 5.66. The Morgan fingerprint density at radius 1 is 1.67 bits per heavy atom. The average Bonchev–Trinajstić information content (AvgIpc) is 2.05. The van der Waals surface area contributed by atoms with E-state index >= 15 is 0 Å². The Morgan fingerprint density at radius 2 is 2.42 bits per heavy atom. The number of ether oxygens (including phenoxy) is 2. The second-order valence-corrected chi connectivity index (χ2v) is 2.95. The Balaban J connectivity index is 2.21. The van der Waals surface area contributed by atoms with Gasteiger partial charge in [-0.25, -0.2) is 0 Å². The predicted octanol–water partition coefficient (Wildman–Crippen LogP) is 0.0894. The van der Waals surface area contributed by atoms with Gasteiger partial charge >= 0.3 is 5.97 Å². The standard InChI is InChI=1S/C8H14O4/c1-6(10)12-8-3-2-7(4-9)11-5-8/h7-9H,2-5H2,1H3. The highest BCUT2D eigenvalue weighted by Gasteiger charge is 2.22. The number of rotatable bonds is 2. The van der Waals surface area contributed by atoms with Gasteiger partial charge in [-0.05, 0) is 12.8 Å². The molecule has 0 aliphatic carbocycles. The second-order valence-electron chi connectivity index (χ2n) is 2.95. The summed E-state index contributed by atoms with van der Waals surface area (Å²) in [6, 6.07) is 0. The zero-order chi connectivity index (χ0) is 8.97. The minimum atomic E-state index is -0.272. The predicted molar refractivity (Wildman–Crippen MR) is 41.6 cm³/mol. The quantitative estimate of drug-likeness (QED) is 0.603. The number of carbonyl (C=O) groups is 1. The van der Waals surface area contributed by atoms with E-state index in [1.165, 1.54) is 6.92 Å². The maximum absolute atomic E-state index is 10.5. The van der Waals surface area contributed by atoms with Crippen molar-refractivity contribution >= 4 is 5.97 Å². The van der Waals surface area contributed by atoms with Gasteiger partial charge in [0.1, 0.15) is 6.10 Å². The van der Waals surface area contributed by atoms with Crippen molar-refractivity contribution < 1.29 is 19.4 Å². The van der Waals surface area contributed by atoms with Gasteiger partial charge in [0.15, 0.2) is 0 Å². The maximum Gasteiger partial charge on any atom is 0.302 e. The Bertz CT molecular complexity index is 149. The lowest BCUT2D eigenvalue weighted by Crippen LogP contribution is -2.34. The van der Waals surface area contributed by atoms with Crippen LogP contribution in [-0.4, -0.2) is 36.5 Å². The van der Waals surface area contributed by atoms with E-state index in [9.17, 15) is 4.79 Å². The molecule has 0 aromatic carbocycles. The topological polar surface area (TPSA) is 55.8 Å². The molecule has 4 nitrogen and oxygen atoms in total. The molecule has 1 fully saturated rings. The fourth-order valence-electron chi connectivity index (χ4n) is 1.25. The van der Waals surface area contributed by atoms with Crippen molar-refractivity contribution in [3.8, 4) is 0 Å². The van der Waals surface area contributed by atoms with Gasteiger partial charge < -0.3 is 14.6 Å². The zero-order valence-corrected chi connectivity index (χ0v) is 7.16. The van der Waals surface area contributed by atoms with Crippen LogP contribution < -0.4 is 0 Å². The molecule has 2 atom stereocenters. The second kappa shape index (κ2) is 4.42. The highest BCUT2D eigenvalue weighted by Crippen LogP contribution is 2.15. The van der Waals surface area contributed by atoms with Crippen molar-refractivity contribution in [1.29, 1.82) is 0 Å². The minimum absolute atomic E-state index is 0.0484. The van der Waals surface area contributed by atoms with Gasteiger partial charge in [0.05, 0.1) is 19.3 Å². The van der Waals surface area contributed by atoms with Crippen molar-refractivity contribution in [2.24, 2.45) is 0 Å². The van der Waals surface area contributed by atoms with Gasteiger partial charge in [-0.2, -0.15) is 0 Å². The lowest BCUT2D eigenvalue weighted by atomic mass is 10.1. The molecule has 0 spiro atoms. The van der Waals surface area contributed by atoms with Crippen molar-refractivity contribution in [3.63, 3.8) is 0 Å². The molecule has 0 aromatic heterocycles. The van der Waals surface area contributed by atoms with E-state index in [1.807, 2.05) is 0 Å². The molecule has 1 aliphatic rings. The molecule has 2 unspecified atom stereocenters. The van der Waals surface area contributed by atoms with Crippen molar-refractivity contribution in [2.45, 2.75) is 32.0 Å². The third kappa shape index (κ3) is 2.79. The summed E-state index contributed by atoms with van der Waals surface area (Å²) in [7, 11) is 0. The van der Waals surface area contributed by atoms with E-state index in [4.69, 9.17) is 14.6 Å². The van der Waals surface area contributed by atoms with Crippen LogP contribution in [0.5, 0.6) is 0 Å². The summed E-state index contributed by atoms with van der Waals surface area (Å²) in [6.45, 7) is 1.84. The van der Waals surface area contributed by atoms with Gasteiger partial charge in [-0.1, -0.05) is 0 Å². The molecule has 1 rings (SSSR count). The van der Waals surface area contributed by atoms with E-state index in [0.29, 0.717) is 6.61 Å². The van der Waals surface area contributed by atoms with E-state index in [1.54, 1.807) is 0 Å². The first-order chi connectivity index (χ1) is 5.72. The third-order valence-electron chi connectivity index (χ3n) is 1.86. The van der Waals surface area contributed by atoms with Crippen LogP contribution in [0.3, 0.4) is 0 Å². The summed E-state index contributed by atoms with van der Waals surface area (Å²) in [4.78, 5) is 10.5. The Labute approximate surface area is 71.5 Å². The highest BCUT2D eigenvalue weighted by atomic mass is 16.6. The SMILES string of the molecule is CC(=O)OC1CCC(CO)OC1. The van der Waals surface area contributed by atoms with Crippen LogP contribution in [0.25, 0.3) is 0 Å². The number of hydrogen-bond donors (Lipinski definition) is 1. The van der Waals surface area contributed by atoms with Crippen LogP contribution in [0.15, 0.2) is 0 Å². The van der Waals surface area contributed by atoms with E-state index < -0.39 is 0 Å². The largest absolute Gasteiger partial charge is 0.460 e. The Morgan fingerprint density at radius 3 is 2.83 bits per heavy atom. The van der Waals surface area contributed by atoms with Crippen molar-refractivity contribution in [2.75, 3.05) is 13.2 Å². The summed E-state index contributed by atoms with van der Waals surface area (Å²) in [5, 5.41) is 8.73. The Kier molecular flexibility index (Phi) is 3.49. The molecule has 1 aliphatic heterocycles. The smallest absolute Gasteiger partial charge is 0.302 e. The van der Waals surface area contributed by atoms with Gasteiger partial charge in [-0.3, -0.25) is 4.79 Å². The minimum Gasteiger partial charge on any atom is -0.460 e. The molecular weight excluding hydrogens is 160 g/mol. The summed E-state index contributed by atoms with van der Waals surface area (Å²) in [6.07, 6.45) is 1.35. The zero-order valence-electron chi connectivity index (χ0n) is 7.16. The maximum atomic E-state index is 10.5. The molecule has 0 amide bonds. The first kappa shape index (κ1) is 9.48. The van der Waals surface area contributed by atoms with Crippen LogP contribution in [-0.2, 0) is 14.3 Å². The molecule has 1 saturated heterocycles. The van der Waals surface area contributed by atoms with E-state index in [-0.39, 0.29) is 24.8 Å². The molecule has 4 heteroatoms. The molecule has 1 N–H and O–H groups in total. The Hall–Kier alpha value is -0.610. The lowest BCUT2D eigenvalue weighted by molar-refractivity contribution is -0.157. The average molecular weight is 174 g/mol. The van der Waals surface area contributed by atoms with E-state index in [2.05, 4.69) is 0 Å². The van der Waals surface area contributed by atoms with E-state index in [0.717, 1.165) is 12.8 Å². The molecule has 12 heavy (non-hydrogen) atoms. The molecule has 0 radical (unpaired) electrons. The summed E-state index contributed by atoms with van der Waals surface area (Å²) >= 11 is 0. The van der Waals surface area contributed by atoms with Gasteiger partial charge in [0.2, 0.25) is 0 Å². The molecule has 0 aromatic rings. The van der Waals surface area contributed by atoms with Crippen molar-refractivity contribution in [1.82, 2.24) is 0 Å². The van der Waals surface area contributed by atoms with Gasteiger partial charge in [0, 0.05) is 6.92 Å². The number of hydrogen-bond acceptors (Lipinski definition) is 4. The van der Waals surface area contributed by atoms with Crippen LogP contribution >= 0.6 is 0 Å². The first-order valence-electron chi connectivity index (χ1n) is 4.12. The van der Waals surface area contributed by atoms with Crippen LogP contribution in [0, 0.1) is 0 Å². The normalized spacial score (nSPS) is 29.8. The molecule has 70 valence electrons. The van der Waals surface area contributed by atoms with Crippen LogP contribution in [0.2, 0.25) is 0 Å². The van der Waals surface area contributed by atoms with Crippen molar-refractivity contribution in [3.05, 3.63) is 0 Å². The number of esters is 1. The molecule has 0 bridgehead atoms. The van der Waals surface area contributed by atoms with Gasteiger partial charge in [0.25, 0.3) is 0 Å². The summed E-state index contributed by atoms with van der Waals surface area (Å²) < 4.78 is 10.2. The lowest BCUT2D eigenvalue weighted by Gasteiger charge is -2.27. The number of carbonyl (C=O) groups excluding carboxylic acids is 1. The molecular formula is C8H14O4. The fraction of sp³-hybridized carbons (Fsp3) is 0.875. The number of aliphatic hydroxyl groups excluding tert-OH is 1. The molecule has 0 saturated carbocycles. The monoisotopic (exact) mass is 174 g/mol. The third-order valence-corrected chi connectivity index (χ3v) is 1.86.